The van der Waals surface area contributed by atoms with Crippen LogP contribution in [0.2, 0.25) is 0 Å². The molecule has 1 N–H and O–H groups in total. The Morgan fingerprint density at radius 3 is 2.71 bits per heavy atom. The van der Waals surface area contributed by atoms with Gasteiger partial charge in [0.2, 0.25) is 0 Å². The molecule has 2 bridgehead atoms. The number of hydrogen-bond donors (Lipinski definition) is 1. The van der Waals surface area contributed by atoms with Crippen LogP contribution in [0.5, 0.6) is 0 Å². The standard InChI is InChI=1S/C24H30N4O2S/c1-23-7-4-8-24(2,19(23)12-20(29)30-3)15-28(14-23)13-16-5-6-18-17(11-16)27-21-22(31-18)26-10-9-25-21/h5-6,9-11,19H,4,7-8,12-15H2,1-3H3,(H,25,27). The van der Waals surface area contributed by atoms with Gasteiger partial charge in [0.25, 0.3) is 0 Å². The molecular formula is C24H30N4O2S. The van der Waals surface area contributed by atoms with E-state index in [2.05, 4.69) is 52.2 Å². The molecule has 7 heteroatoms. The highest BCUT2D eigenvalue weighted by Crippen LogP contribution is 2.56. The number of benzene rings is 1. The first-order chi connectivity index (χ1) is 14.9. The number of piperidine rings is 1. The van der Waals surface area contributed by atoms with E-state index >= 15 is 0 Å². The van der Waals surface area contributed by atoms with Gasteiger partial charge in [0.05, 0.1) is 12.8 Å². The van der Waals surface area contributed by atoms with Crippen LogP contribution in [0.25, 0.3) is 0 Å². The van der Waals surface area contributed by atoms with Gasteiger partial charge in [-0.25, -0.2) is 9.97 Å². The van der Waals surface area contributed by atoms with Gasteiger partial charge in [-0.2, -0.15) is 0 Å². The Morgan fingerprint density at radius 2 is 1.97 bits per heavy atom. The third-order valence-electron chi connectivity index (χ3n) is 7.52. The first kappa shape index (κ1) is 20.8. The monoisotopic (exact) mass is 438 g/mol. The second-order valence-electron chi connectivity index (χ2n) is 9.91. The molecule has 1 aromatic heterocycles. The molecule has 164 valence electrons. The van der Waals surface area contributed by atoms with E-state index in [4.69, 9.17) is 4.74 Å². The van der Waals surface area contributed by atoms with Crippen LogP contribution in [0, 0.1) is 16.7 Å². The van der Waals surface area contributed by atoms with Gasteiger partial charge in [-0.1, -0.05) is 38.1 Å². The molecule has 1 saturated heterocycles. The van der Waals surface area contributed by atoms with Gasteiger partial charge in [-0.15, -0.1) is 0 Å². The average molecular weight is 439 g/mol. The van der Waals surface area contributed by atoms with Crippen LogP contribution in [0.15, 0.2) is 40.5 Å². The Morgan fingerprint density at radius 1 is 1.23 bits per heavy atom. The van der Waals surface area contributed by atoms with Gasteiger partial charge in [0.1, 0.15) is 5.03 Å². The molecule has 2 fully saturated rings. The fraction of sp³-hybridized carbons (Fsp3) is 0.542. The number of ether oxygens (including phenoxy) is 1. The molecule has 0 radical (unpaired) electrons. The zero-order valence-electron chi connectivity index (χ0n) is 18.5. The lowest BCUT2D eigenvalue weighted by Crippen LogP contribution is -2.59. The normalized spacial score (nSPS) is 29.5. The molecule has 2 aliphatic heterocycles. The highest BCUT2D eigenvalue weighted by Gasteiger charge is 2.54. The van der Waals surface area contributed by atoms with Crippen molar-refractivity contribution in [1.82, 2.24) is 14.9 Å². The van der Waals surface area contributed by atoms with Gasteiger partial charge in [0, 0.05) is 43.3 Å². The smallest absolute Gasteiger partial charge is 0.305 e. The minimum atomic E-state index is -0.0700. The summed E-state index contributed by atoms with van der Waals surface area (Å²) in [5, 5.41) is 4.36. The summed E-state index contributed by atoms with van der Waals surface area (Å²) in [5.41, 5.74) is 2.71. The number of carbonyl (C=O) groups excluding carboxylic acids is 1. The SMILES string of the molecule is COC(=O)CC1C2(C)CCCC1(C)CN(Cc1ccc3c(c1)Nc1nccnc1S3)C2. The summed E-state index contributed by atoms with van der Waals surface area (Å²) >= 11 is 1.66. The quantitative estimate of drug-likeness (QED) is 0.583. The fourth-order valence-electron chi connectivity index (χ4n) is 6.23. The van der Waals surface area contributed by atoms with E-state index in [1.165, 1.54) is 36.8 Å². The Labute approximate surface area is 188 Å². The molecule has 31 heavy (non-hydrogen) atoms. The van der Waals surface area contributed by atoms with E-state index in [0.29, 0.717) is 12.3 Å². The number of carbonyl (C=O) groups is 1. The topological polar surface area (TPSA) is 67.3 Å². The molecular weight excluding hydrogens is 408 g/mol. The third kappa shape index (κ3) is 3.82. The summed E-state index contributed by atoms with van der Waals surface area (Å²) < 4.78 is 5.04. The molecule has 2 atom stereocenters. The zero-order chi connectivity index (χ0) is 21.6. The Bertz CT molecular complexity index is 995. The number of rotatable bonds is 4. The number of nitrogens with one attached hydrogen (secondary N) is 1. The Hall–Kier alpha value is -2.12. The first-order valence-electron chi connectivity index (χ1n) is 11.1. The third-order valence-corrected chi connectivity index (χ3v) is 8.59. The van der Waals surface area contributed by atoms with E-state index in [0.717, 1.165) is 36.2 Å². The Kier molecular flexibility index (Phi) is 5.21. The molecule has 0 amide bonds. The maximum absolute atomic E-state index is 12.1. The molecule has 3 heterocycles. The largest absolute Gasteiger partial charge is 0.469 e. The van der Waals surface area contributed by atoms with Gasteiger partial charge >= 0.3 is 5.97 Å². The number of fused-ring (bicyclic) bond motifs is 4. The van der Waals surface area contributed by atoms with Crippen molar-refractivity contribution in [3.8, 4) is 0 Å². The van der Waals surface area contributed by atoms with Crippen molar-refractivity contribution >= 4 is 29.2 Å². The molecule has 5 rings (SSSR count). The van der Waals surface area contributed by atoms with Gasteiger partial charge in [-0.3, -0.25) is 9.69 Å². The minimum absolute atomic E-state index is 0.0700. The second kappa shape index (κ2) is 7.78. The maximum atomic E-state index is 12.1. The van der Waals surface area contributed by atoms with Crippen LogP contribution in [0.1, 0.15) is 45.1 Å². The fourth-order valence-corrected chi connectivity index (χ4v) is 7.11. The van der Waals surface area contributed by atoms with Crippen LogP contribution in [0.3, 0.4) is 0 Å². The van der Waals surface area contributed by atoms with Crippen LogP contribution < -0.4 is 5.32 Å². The molecule has 6 nitrogen and oxygen atoms in total. The van der Waals surface area contributed by atoms with Crippen LogP contribution in [0.4, 0.5) is 11.5 Å². The molecule has 0 spiro atoms. The highest BCUT2D eigenvalue weighted by atomic mass is 32.2. The number of methoxy groups -OCH3 is 1. The number of esters is 1. The number of aromatic nitrogens is 2. The van der Waals surface area contributed by atoms with Crippen molar-refractivity contribution in [3.63, 3.8) is 0 Å². The summed E-state index contributed by atoms with van der Waals surface area (Å²) in [4.78, 5) is 24.7. The summed E-state index contributed by atoms with van der Waals surface area (Å²) in [6.45, 7) is 7.73. The van der Waals surface area contributed by atoms with Crippen molar-refractivity contribution in [1.29, 1.82) is 0 Å². The predicted octanol–water partition coefficient (Wildman–Crippen LogP) is 4.88. The van der Waals surface area contributed by atoms with Crippen LogP contribution >= 0.6 is 11.8 Å². The van der Waals surface area contributed by atoms with E-state index in [-0.39, 0.29) is 16.8 Å². The van der Waals surface area contributed by atoms with Crippen molar-refractivity contribution < 1.29 is 9.53 Å². The highest BCUT2D eigenvalue weighted by molar-refractivity contribution is 7.99. The maximum Gasteiger partial charge on any atom is 0.305 e. The van der Waals surface area contributed by atoms with Crippen molar-refractivity contribution in [2.45, 2.75) is 56.0 Å². The minimum Gasteiger partial charge on any atom is -0.469 e. The van der Waals surface area contributed by atoms with Gasteiger partial charge in [0.15, 0.2) is 5.82 Å². The summed E-state index contributed by atoms with van der Waals surface area (Å²) in [5.74, 6) is 1.14. The van der Waals surface area contributed by atoms with E-state index in [1.807, 2.05) is 0 Å². The van der Waals surface area contributed by atoms with Crippen molar-refractivity contribution in [3.05, 3.63) is 36.2 Å². The van der Waals surface area contributed by atoms with Gasteiger partial charge < -0.3 is 10.1 Å². The number of anilines is 2. The number of hydrogen-bond acceptors (Lipinski definition) is 7. The Balaban J connectivity index is 1.34. The van der Waals surface area contributed by atoms with Crippen molar-refractivity contribution in [2.24, 2.45) is 16.7 Å². The zero-order valence-corrected chi connectivity index (χ0v) is 19.3. The summed E-state index contributed by atoms with van der Waals surface area (Å²) in [7, 11) is 1.50. The number of likely N-dealkylation sites (tertiary alicyclic amines) is 1. The first-order valence-corrected chi connectivity index (χ1v) is 11.9. The van der Waals surface area contributed by atoms with E-state index in [9.17, 15) is 4.79 Å². The van der Waals surface area contributed by atoms with E-state index in [1.54, 1.807) is 24.2 Å². The second-order valence-corrected chi connectivity index (χ2v) is 10.9. The lowest BCUT2D eigenvalue weighted by atomic mass is 9.52. The number of nitrogens with zero attached hydrogens (tertiary/aromatic N) is 3. The van der Waals surface area contributed by atoms with Crippen LogP contribution in [-0.4, -0.2) is 41.0 Å². The summed E-state index contributed by atoms with van der Waals surface area (Å²) in [6.07, 6.45) is 7.60. The average Bonchev–Trinajstić information content (AvgIpc) is 2.73. The molecule has 1 aromatic carbocycles. The molecule has 1 saturated carbocycles. The van der Waals surface area contributed by atoms with Crippen molar-refractivity contribution in [2.75, 3.05) is 25.5 Å². The van der Waals surface area contributed by atoms with Gasteiger partial charge in [-0.05, 0) is 47.3 Å². The molecule has 1 aliphatic carbocycles. The lowest BCUT2D eigenvalue weighted by Gasteiger charge is -2.59. The van der Waals surface area contributed by atoms with Crippen LogP contribution in [-0.2, 0) is 16.1 Å². The summed E-state index contributed by atoms with van der Waals surface area (Å²) in [6, 6.07) is 6.67. The molecule has 2 aromatic rings. The molecule has 3 aliphatic rings. The van der Waals surface area contributed by atoms with E-state index < -0.39 is 0 Å². The lowest BCUT2D eigenvalue weighted by molar-refractivity contribution is -0.153. The predicted molar refractivity (Wildman–Crippen MR) is 121 cm³/mol. The molecule has 2 unspecified atom stereocenters.